The van der Waals surface area contributed by atoms with Crippen LogP contribution in [-0.2, 0) is 21.0 Å². The Hall–Kier alpha value is -0.950. The standard InChI is InChI=1S/C9H12O5S/c10-5-7(11)6-13-14-9(12)4-8-2-1-3-15-8/h1-3,7,10-11H,4-6H2. The first-order valence-corrected chi connectivity index (χ1v) is 5.24. The monoisotopic (exact) mass is 232 g/mol. The molecule has 0 aliphatic rings. The smallest absolute Gasteiger partial charge is 0.347 e. The van der Waals surface area contributed by atoms with Gasteiger partial charge in [-0.25, -0.2) is 4.79 Å². The van der Waals surface area contributed by atoms with Crippen LogP contribution in [0.5, 0.6) is 0 Å². The second-order valence-corrected chi connectivity index (χ2v) is 3.86. The van der Waals surface area contributed by atoms with Gasteiger partial charge in [0.15, 0.2) is 0 Å². The summed E-state index contributed by atoms with van der Waals surface area (Å²) in [4.78, 5) is 20.8. The number of thiophene rings is 1. The summed E-state index contributed by atoms with van der Waals surface area (Å²) < 4.78 is 0. The van der Waals surface area contributed by atoms with Crippen LogP contribution in [0.3, 0.4) is 0 Å². The largest absolute Gasteiger partial charge is 0.394 e. The minimum absolute atomic E-state index is 0.146. The van der Waals surface area contributed by atoms with Crippen LogP contribution in [0.2, 0.25) is 0 Å². The SMILES string of the molecule is O=C(Cc1cccs1)OOCC(O)CO. The zero-order chi connectivity index (χ0) is 11.1. The molecule has 1 aromatic heterocycles. The van der Waals surface area contributed by atoms with Crippen molar-refractivity contribution in [1.29, 1.82) is 0 Å². The van der Waals surface area contributed by atoms with E-state index in [4.69, 9.17) is 10.2 Å². The highest BCUT2D eigenvalue weighted by Crippen LogP contribution is 2.09. The maximum atomic E-state index is 11.1. The van der Waals surface area contributed by atoms with Crippen molar-refractivity contribution in [3.05, 3.63) is 22.4 Å². The van der Waals surface area contributed by atoms with Gasteiger partial charge in [-0.3, -0.25) is 4.89 Å². The highest BCUT2D eigenvalue weighted by atomic mass is 32.1. The number of hydrogen-bond acceptors (Lipinski definition) is 6. The molecule has 0 bridgehead atoms. The van der Waals surface area contributed by atoms with Crippen LogP contribution in [0.4, 0.5) is 0 Å². The van der Waals surface area contributed by atoms with Gasteiger partial charge in [-0.05, 0) is 11.4 Å². The van der Waals surface area contributed by atoms with Gasteiger partial charge in [0.1, 0.15) is 12.7 Å². The minimum Gasteiger partial charge on any atom is -0.394 e. The van der Waals surface area contributed by atoms with Crippen LogP contribution in [0.25, 0.3) is 0 Å². The number of aliphatic hydroxyl groups is 2. The van der Waals surface area contributed by atoms with Crippen LogP contribution in [0, 0.1) is 0 Å². The van der Waals surface area contributed by atoms with E-state index in [-0.39, 0.29) is 13.0 Å². The van der Waals surface area contributed by atoms with E-state index in [9.17, 15) is 4.79 Å². The first-order chi connectivity index (χ1) is 7.22. The van der Waals surface area contributed by atoms with Crippen molar-refractivity contribution in [2.24, 2.45) is 0 Å². The summed E-state index contributed by atoms with van der Waals surface area (Å²) in [6.45, 7) is -0.658. The van der Waals surface area contributed by atoms with E-state index < -0.39 is 18.7 Å². The Bertz CT molecular complexity index is 285. The quantitative estimate of drug-likeness (QED) is 0.538. The molecule has 0 aliphatic carbocycles. The third kappa shape index (κ3) is 4.89. The van der Waals surface area contributed by atoms with Gasteiger partial charge in [0.2, 0.25) is 0 Å². The zero-order valence-corrected chi connectivity index (χ0v) is 8.77. The van der Waals surface area contributed by atoms with Crippen LogP contribution in [-0.4, -0.2) is 35.5 Å². The summed E-state index contributed by atoms with van der Waals surface area (Å²) in [6, 6.07) is 3.65. The Morgan fingerprint density at radius 3 is 3.00 bits per heavy atom. The van der Waals surface area contributed by atoms with Crippen LogP contribution < -0.4 is 0 Å². The molecule has 1 atom stereocenters. The number of carbonyl (C=O) groups excluding carboxylic acids is 1. The summed E-state index contributed by atoms with van der Waals surface area (Å²) in [7, 11) is 0. The molecule has 15 heavy (non-hydrogen) atoms. The molecule has 5 nitrogen and oxygen atoms in total. The van der Waals surface area contributed by atoms with Crippen LogP contribution in [0.15, 0.2) is 17.5 Å². The van der Waals surface area contributed by atoms with E-state index in [0.717, 1.165) is 4.88 Å². The molecule has 2 N–H and O–H groups in total. The van der Waals surface area contributed by atoms with Gasteiger partial charge in [-0.15, -0.1) is 11.3 Å². The summed E-state index contributed by atoms with van der Waals surface area (Å²) in [5.41, 5.74) is 0. The third-order valence-electron chi connectivity index (χ3n) is 1.52. The van der Waals surface area contributed by atoms with Crippen molar-refractivity contribution in [2.75, 3.05) is 13.2 Å². The number of carbonyl (C=O) groups is 1. The fourth-order valence-electron chi connectivity index (χ4n) is 0.816. The Balaban J connectivity index is 2.14. The number of rotatable bonds is 6. The average molecular weight is 232 g/mol. The van der Waals surface area contributed by atoms with Gasteiger partial charge in [-0.2, -0.15) is 4.89 Å². The van der Waals surface area contributed by atoms with Gasteiger partial charge in [0.05, 0.1) is 13.0 Å². The molecule has 0 amide bonds. The second-order valence-electron chi connectivity index (χ2n) is 2.83. The minimum atomic E-state index is -1.03. The Kier molecular flexibility index (Phi) is 5.27. The molecule has 84 valence electrons. The molecular formula is C9H12O5S. The van der Waals surface area contributed by atoms with Crippen molar-refractivity contribution in [2.45, 2.75) is 12.5 Å². The molecule has 1 unspecified atom stereocenters. The van der Waals surface area contributed by atoms with E-state index in [1.54, 1.807) is 0 Å². The van der Waals surface area contributed by atoms with Gasteiger partial charge in [0.25, 0.3) is 0 Å². The predicted octanol–water partition coefficient (Wildman–Crippen LogP) is 0.119. The molecule has 0 aromatic carbocycles. The Morgan fingerprint density at radius 1 is 1.60 bits per heavy atom. The number of hydrogen-bond donors (Lipinski definition) is 2. The van der Waals surface area contributed by atoms with Crippen LogP contribution in [0.1, 0.15) is 4.88 Å². The summed E-state index contributed by atoms with van der Waals surface area (Å²) in [6.07, 6.45) is -0.882. The van der Waals surface area contributed by atoms with Crippen molar-refractivity contribution >= 4 is 17.3 Å². The molecule has 0 radical (unpaired) electrons. The Labute approximate surface area is 90.8 Å². The molecular weight excluding hydrogens is 220 g/mol. The van der Waals surface area contributed by atoms with E-state index in [2.05, 4.69) is 9.78 Å². The normalized spacial score (nSPS) is 12.4. The van der Waals surface area contributed by atoms with E-state index in [1.165, 1.54) is 11.3 Å². The highest BCUT2D eigenvalue weighted by Gasteiger charge is 2.08. The van der Waals surface area contributed by atoms with Crippen molar-refractivity contribution in [1.82, 2.24) is 0 Å². The van der Waals surface area contributed by atoms with Gasteiger partial charge in [0, 0.05) is 4.88 Å². The van der Waals surface area contributed by atoms with E-state index in [1.807, 2.05) is 17.5 Å². The van der Waals surface area contributed by atoms with Gasteiger partial charge >= 0.3 is 5.97 Å². The lowest BCUT2D eigenvalue weighted by molar-refractivity contribution is -0.282. The number of aliphatic hydroxyl groups excluding tert-OH is 2. The molecule has 0 saturated carbocycles. The lowest BCUT2D eigenvalue weighted by atomic mass is 10.3. The van der Waals surface area contributed by atoms with Gasteiger partial charge < -0.3 is 10.2 Å². The lowest BCUT2D eigenvalue weighted by Crippen LogP contribution is -2.21. The molecule has 6 heteroatoms. The first kappa shape index (κ1) is 12.1. The summed E-state index contributed by atoms with van der Waals surface area (Å²) in [5.74, 6) is -0.525. The molecule has 0 aliphatic heterocycles. The first-order valence-electron chi connectivity index (χ1n) is 4.36. The van der Waals surface area contributed by atoms with Crippen LogP contribution >= 0.6 is 11.3 Å². The molecule has 1 aromatic rings. The predicted molar refractivity (Wildman–Crippen MR) is 53.2 cm³/mol. The lowest BCUT2D eigenvalue weighted by Gasteiger charge is -2.06. The highest BCUT2D eigenvalue weighted by molar-refractivity contribution is 7.10. The Morgan fingerprint density at radius 2 is 2.40 bits per heavy atom. The average Bonchev–Trinajstić information content (AvgIpc) is 2.70. The second kappa shape index (κ2) is 6.52. The van der Waals surface area contributed by atoms with E-state index in [0.29, 0.717) is 0 Å². The molecule has 0 fully saturated rings. The molecule has 1 rings (SSSR count). The topological polar surface area (TPSA) is 76.0 Å². The fraction of sp³-hybridized carbons (Fsp3) is 0.444. The molecule has 0 saturated heterocycles. The van der Waals surface area contributed by atoms with Crippen molar-refractivity contribution in [3.63, 3.8) is 0 Å². The summed E-state index contributed by atoms with van der Waals surface area (Å²) in [5, 5.41) is 19.2. The van der Waals surface area contributed by atoms with Crippen molar-refractivity contribution < 1.29 is 24.8 Å². The van der Waals surface area contributed by atoms with Crippen molar-refractivity contribution in [3.8, 4) is 0 Å². The van der Waals surface area contributed by atoms with Gasteiger partial charge in [-0.1, -0.05) is 6.07 Å². The maximum Gasteiger partial charge on any atom is 0.347 e. The maximum absolute atomic E-state index is 11.1. The zero-order valence-electron chi connectivity index (χ0n) is 7.96. The fourth-order valence-corrected chi connectivity index (χ4v) is 1.51. The van der Waals surface area contributed by atoms with E-state index >= 15 is 0 Å². The summed E-state index contributed by atoms with van der Waals surface area (Å²) >= 11 is 1.45. The molecule has 0 spiro atoms. The third-order valence-corrected chi connectivity index (χ3v) is 2.40. The molecule has 1 heterocycles.